The highest BCUT2D eigenvalue weighted by molar-refractivity contribution is 6.02. The predicted molar refractivity (Wildman–Crippen MR) is 136 cm³/mol. The summed E-state index contributed by atoms with van der Waals surface area (Å²) in [5, 5.41) is 25.0. The molecule has 4 fully saturated rings. The maximum atomic E-state index is 13.4. The third-order valence-electron chi connectivity index (χ3n) is 8.35. The quantitative estimate of drug-likeness (QED) is 0.442. The average Bonchev–Trinajstić information content (AvgIpc) is 2.85. The van der Waals surface area contributed by atoms with E-state index in [1.54, 1.807) is 30.5 Å². The van der Waals surface area contributed by atoms with Gasteiger partial charge in [0.25, 0.3) is 11.5 Å². The van der Waals surface area contributed by atoms with Gasteiger partial charge in [-0.3, -0.25) is 19.5 Å². The van der Waals surface area contributed by atoms with Gasteiger partial charge in [0.05, 0.1) is 23.4 Å². The van der Waals surface area contributed by atoms with Gasteiger partial charge in [-0.05, 0) is 68.7 Å². The lowest BCUT2D eigenvalue weighted by Gasteiger charge is -2.60. The van der Waals surface area contributed by atoms with E-state index >= 15 is 0 Å². The minimum absolute atomic E-state index is 0.200. The van der Waals surface area contributed by atoms with Crippen LogP contribution in [0.15, 0.2) is 53.5 Å². The molecule has 2 unspecified atom stereocenters. The molecule has 3 aromatic rings. The van der Waals surface area contributed by atoms with Crippen molar-refractivity contribution in [2.24, 2.45) is 5.92 Å². The fraction of sp³-hybridized carbons (Fsp3) is 0.464. The predicted octanol–water partition coefficient (Wildman–Crippen LogP) is 2.65. The summed E-state index contributed by atoms with van der Waals surface area (Å²) in [4.78, 5) is 33.4. The van der Waals surface area contributed by atoms with Gasteiger partial charge in [0.15, 0.2) is 0 Å². The van der Waals surface area contributed by atoms with E-state index in [0.29, 0.717) is 41.1 Å². The molecule has 2 saturated heterocycles. The molecule has 7 rings (SSSR count). The van der Waals surface area contributed by atoms with Crippen LogP contribution in [0.5, 0.6) is 5.75 Å². The number of nitrogens with one attached hydrogen (secondary N) is 1. The molecule has 36 heavy (non-hydrogen) atoms. The molecule has 4 aliphatic rings. The summed E-state index contributed by atoms with van der Waals surface area (Å²) in [6, 6.07) is 13.4. The smallest absolute Gasteiger partial charge is 0.268 e. The van der Waals surface area contributed by atoms with Gasteiger partial charge in [0.2, 0.25) is 0 Å². The molecule has 2 aliphatic carbocycles. The molecule has 4 heterocycles. The number of nitrogens with zero attached hydrogens (tertiary/aromatic N) is 3. The number of pyridine rings is 2. The van der Waals surface area contributed by atoms with Crippen LogP contribution in [0.3, 0.4) is 0 Å². The molecule has 8 nitrogen and oxygen atoms in total. The van der Waals surface area contributed by atoms with Crippen LogP contribution >= 0.6 is 0 Å². The van der Waals surface area contributed by atoms with Gasteiger partial charge in [0.1, 0.15) is 11.3 Å². The van der Waals surface area contributed by atoms with E-state index in [1.165, 1.54) is 4.57 Å². The fourth-order valence-corrected chi connectivity index (χ4v) is 6.99. The second kappa shape index (κ2) is 9.01. The van der Waals surface area contributed by atoms with E-state index in [1.807, 2.05) is 18.2 Å². The minimum Gasteiger partial charge on any atom is -0.506 e. The maximum absolute atomic E-state index is 13.4. The SMILES string of the molecule is O=C(NCCCN1C2CC3CC1CC(O)(C3)C2)c1c(O)c2ccccc2n(Cc2ccccn2)c1=O. The highest BCUT2D eigenvalue weighted by Crippen LogP contribution is 2.51. The number of para-hydroxylation sites is 1. The second-order valence-electron chi connectivity index (χ2n) is 10.8. The lowest BCUT2D eigenvalue weighted by Crippen LogP contribution is -2.64. The molecule has 0 spiro atoms. The number of amides is 1. The molecule has 3 N–H and O–H groups in total. The monoisotopic (exact) mass is 488 g/mol. The molecule has 2 atom stereocenters. The first-order valence-electron chi connectivity index (χ1n) is 12.9. The minimum atomic E-state index is -0.563. The molecule has 2 aromatic heterocycles. The van der Waals surface area contributed by atoms with E-state index in [2.05, 4.69) is 15.2 Å². The van der Waals surface area contributed by atoms with Crippen molar-refractivity contribution in [3.05, 3.63) is 70.3 Å². The number of fused-ring (bicyclic) bond motifs is 1. The number of hydrogen-bond donors (Lipinski definition) is 3. The van der Waals surface area contributed by atoms with Gasteiger partial charge in [-0.1, -0.05) is 18.2 Å². The number of carbonyl (C=O) groups is 1. The van der Waals surface area contributed by atoms with Gasteiger partial charge >= 0.3 is 0 Å². The number of aliphatic hydroxyl groups is 1. The summed E-state index contributed by atoms with van der Waals surface area (Å²) in [6.45, 7) is 1.46. The van der Waals surface area contributed by atoms with Crippen molar-refractivity contribution in [3.63, 3.8) is 0 Å². The lowest BCUT2D eigenvalue weighted by molar-refractivity contribution is -0.157. The second-order valence-corrected chi connectivity index (χ2v) is 10.8. The molecular formula is C28H32N4O4. The van der Waals surface area contributed by atoms with Crippen LogP contribution in [0.25, 0.3) is 10.9 Å². The number of piperidine rings is 2. The molecule has 4 bridgehead atoms. The molecule has 1 amide bonds. The van der Waals surface area contributed by atoms with Crippen molar-refractivity contribution >= 4 is 16.8 Å². The van der Waals surface area contributed by atoms with Crippen LogP contribution in [0.2, 0.25) is 0 Å². The maximum Gasteiger partial charge on any atom is 0.268 e. The summed E-state index contributed by atoms with van der Waals surface area (Å²) in [5.41, 5.74) is 0.00757. The van der Waals surface area contributed by atoms with Gasteiger partial charge in [-0.2, -0.15) is 0 Å². The summed E-state index contributed by atoms with van der Waals surface area (Å²) in [6.07, 6.45) is 7.39. The Labute approximate surface area is 209 Å². The molecule has 1 aromatic carbocycles. The Hall–Kier alpha value is -3.23. The summed E-state index contributed by atoms with van der Waals surface area (Å²) in [7, 11) is 0. The third-order valence-corrected chi connectivity index (χ3v) is 8.35. The van der Waals surface area contributed by atoms with Gasteiger partial charge < -0.3 is 20.1 Å². The van der Waals surface area contributed by atoms with Crippen LogP contribution in [0.4, 0.5) is 0 Å². The van der Waals surface area contributed by atoms with Crippen molar-refractivity contribution in [3.8, 4) is 5.75 Å². The van der Waals surface area contributed by atoms with Crippen LogP contribution in [-0.2, 0) is 6.54 Å². The van der Waals surface area contributed by atoms with Crippen LogP contribution < -0.4 is 10.9 Å². The standard InChI is InChI=1S/C28H32N4O4/c33-25-22-7-1-2-8-23(22)32(17-19-6-3-4-9-29-19)27(35)24(25)26(34)30-10-5-11-31-20-12-18-13-21(31)16-28(36,14-18)15-20/h1-4,6-9,18,20-21,33,36H,5,10-17H2,(H,30,34). The first-order valence-corrected chi connectivity index (χ1v) is 12.9. The number of benzene rings is 1. The number of hydrogen-bond acceptors (Lipinski definition) is 6. The van der Waals surface area contributed by atoms with E-state index < -0.39 is 17.1 Å². The first kappa shape index (κ1) is 23.2. The van der Waals surface area contributed by atoms with Crippen LogP contribution in [0.1, 0.15) is 54.6 Å². The van der Waals surface area contributed by atoms with Crippen molar-refractivity contribution in [1.82, 2.24) is 19.8 Å². The molecule has 188 valence electrons. The van der Waals surface area contributed by atoms with Crippen LogP contribution in [0, 0.1) is 5.92 Å². The summed E-state index contributed by atoms with van der Waals surface area (Å²) >= 11 is 0. The Morgan fingerprint density at radius 1 is 1.08 bits per heavy atom. The van der Waals surface area contributed by atoms with Gasteiger partial charge in [-0.15, -0.1) is 0 Å². The Balaban J connectivity index is 1.17. The molecule has 8 heteroatoms. The van der Waals surface area contributed by atoms with Crippen molar-refractivity contribution in [1.29, 1.82) is 0 Å². The van der Waals surface area contributed by atoms with E-state index in [4.69, 9.17) is 0 Å². The van der Waals surface area contributed by atoms with E-state index in [-0.39, 0.29) is 17.9 Å². The van der Waals surface area contributed by atoms with Crippen molar-refractivity contribution in [2.75, 3.05) is 13.1 Å². The molecular weight excluding hydrogens is 456 g/mol. The number of aromatic nitrogens is 2. The molecule has 0 radical (unpaired) electrons. The third kappa shape index (κ3) is 4.08. The zero-order valence-corrected chi connectivity index (χ0v) is 20.3. The Kier molecular flexibility index (Phi) is 5.80. The normalized spacial score (nSPS) is 27.0. The average molecular weight is 489 g/mol. The lowest BCUT2D eigenvalue weighted by atomic mass is 9.61. The van der Waals surface area contributed by atoms with Crippen molar-refractivity contribution < 1.29 is 15.0 Å². The van der Waals surface area contributed by atoms with E-state index in [9.17, 15) is 19.8 Å². The molecule has 2 aliphatic heterocycles. The van der Waals surface area contributed by atoms with Gasteiger partial charge in [0, 0.05) is 36.8 Å². The fourth-order valence-electron chi connectivity index (χ4n) is 6.99. The Morgan fingerprint density at radius 3 is 2.56 bits per heavy atom. The number of carbonyl (C=O) groups excluding carboxylic acids is 1. The van der Waals surface area contributed by atoms with Crippen molar-refractivity contribution in [2.45, 2.75) is 62.8 Å². The number of aromatic hydroxyl groups is 1. The Bertz CT molecular complexity index is 1340. The largest absolute Gasteiger partial charge is 0.506 e. The topological polar surface area (TPSA) is 108 Å². The van der Waals surface area contributed by atoms with Gasteiger partial charge in [-0.25, -0.2) is 0 Å². The zero-order valence-electron chi connectivity index (χ0n) is 20.3. The highest BCUT2D eigenvalue weighted by Gasteiger charge is 2.53. The summed E-state index contributed by atoms with van der Waals surface area (Å²) in [5.74, 6) is -0.205. The number of rotatable bonds is 7. The van der Waals surface area contributed by atoms with E-state index in [0.717, 1.165) is 45.1 Å². The Morgan fingerprint density at radius 2 is 1.83 bits per heavy atom. The molecule has 2 saturated carbocycles. The van der Waals surface area contributed by atoms with Crippen LogP contribution in [-0.4, -0.2) is 61.3 Å². The zero-order chi connectivity index (χ0) is 24.9. The first-order chi connectivity index (χ1) is 17.4. The summed E-state index contributed by atoms with van der Waals surface area (Å²) < 4.78 is 1.50. The highest BCUT2D eigenvalue weighted by atomic mass is 16.3.